The van der Waals surface area contributed by atoms with E-state index in [4.69, 9.17) is 0 Å². The molecule has 2 aliphatic rings. The Balaban J connectivity index is 1.80. The first kappa shape index (κ1) is 22.4. The van der Waals surface area contributed by atoms with E-state index in [-0.39, 0.29) is 11.7 Å². The Morgan fingerprint density at radius 2 is 1.79 bits per heavy atom. The largest absolute Gasteiger partial charge is 0.573 e. The average molecular weight is 414 g/mol. The first-order chi connectivity index (χ1) is 13.7. The minimum Gasteiger partial charge on any atom is -0.406 e. The first-order valence-corrected chi connectivity index (χ1v) is 11.0. The van der Waals surface area contributed by atoms with Gasteiger partial charge in [-0.25, -0.2) is 0 Å². The van der Waals surface area contributed by atoms with E-state index in [1.165, 1.54) is 12.1 Å². The number of rotatable bonds is 6. The number of benzene rings is 1. The molecule has 1 saturated heterocycles. The fourth-order valence-corrected chi connectivity index (χ4v) is 5.09. The topological polar surface area (TPSA) is 32.7 Å². The summed E-state index contributed by atoms with van der Waals surface area (Å²) in [6.45, 7) is 7.17. The maximum Gasteiger partial charge on any atom is 0.573 e. The molecule has 1 N–H and O–H groups in total. The summed E-state index contributed by atoms with van der Waals surface area (Å²) >= 11 is 0. The van der Waals surface area contributed by atoms with Gasteiger partial charge in [0.05, 0.1) is 5.60 Å². The van der Waals surface area contributed by atoms with Crippen LogP contribution in [0.5, 0.6) is 5.75 Å². The number of likely N-dealkylation sites (tertiary alicyclic amines) is 1. The lowest BCUT2D eigenvalue weighted by Gasteiger charge is -2.43. The second-order valence-electron chi connectivity index (χ2n) is 9.22. The Labute approximate surface area is 172 Å². The molecule has 29 heavy (non-hydrogen) atoms. The van der Waals surface area contributed by atoms with Gasteiger partial charge in [-0.15, -0.1) is 13.2 Å². The summed E-state index contributed by atoms with van der Waals surface area (Å²) in [6, 6.07) is 6.22. The standard InChI is InChI=1S/C23H34F3NO2/c1-17(2)18-9-13-27(14-10-18)16-21(22(28)11-4-3-5-12-22)19-7-6-8-20(15-19)29-23(24,25)26/h6-8,15,17-18,21,28H,3-5,9-14,16H2,1-2H3. The van der Waals surface area contributed by atoms with Gasteiger partial charge in [0.25, 0.3) is 0 Å². The predicted octanol–water partition coefficient (Wildman–Crippen LogP) is 5.73. The SMILES string of the molecule is CC(C)C1CCN(CC(c2cccc(OC(F)(F)F)c2)C2(O)CCCCC2)CC1. The molecular weight excluding hydrogens is 379 g/mol. The fraction of sp³-hybridized carbons (Fsp3) is 0.739. The van der Waals surface area contributed by atoms with Gasteiger partial charge in [0.1, 0.15) is 5.75 Å². The van der Waals surface area contributed by atoms with Crippen molar-refractivity contribution < 1.29 is 23.0 Å². The maximum atomic E-state index is 12.7. The van der Waals surface area contributed by atoms with Crippen LogP contribution in [0.15, 0.2) is 24.3 Å². The summed E-state index contributed by atoms with van der Waals surface area (Å²) in [5.74, 6) is 0.978. The summed E-state index contributed by atoms with van der Waals surface area (Å²) in [4.78, 5) is 2.38. The molecule has 0 aromatic heterocycles. The zero-order valence-corrected chi connectivity index (χ0v) is 17.5. The molecule has 1 aliphatic carbocycles. The van der Waals surface area contributed by atoms with Crippen molar-refractivity contribution in [1.29, 1.82) is 0 Å². The Kier molecular flexibility index (Phi) is 7.15. The number of nitrogens with zero attached hydrogens (tertiary/aromatic N) is 1. The zero-order chi connectivity index (χ0) is 21.1. The molecule has 0 amide bonds. The molecule has 0 radical (unpaired) electrons. The Bertz CT molecular complexity index is 648. The van der Waals surface area contributed by atoms with Gasteiger partial charge in [0.2, 0.25) is 0 Å². The van der Waals surface area contributed by atoms with E-state index in [0.717, 1.165) is 56.7 Å². The zero-order valence-electron chi connectivity index (χ0n) is 17.5. The molecule has 164 valence electrons. The molecule has 1 saturated carbocycles. The van der Waals surface area contributed by atoms with Crippen LogP contribution in [-0.4, -0.2) is 41.6 Å². The predicted molar refractivity (Wildman–Crippen MR) is 108 cm³/mol. The highest BCUT2D eigenvalue weighted by molar-refractivity contribution is 5.33. The minimum absolute atomic E-state index is 0.210. The highest BCUT2D eigenvalue weighted by atomic mass is 19.4. The molecular formula is C23H34F3NO2. The number of hydrogen-bond donors (Lipinski definition) is 1. The van der Waals surface area contributed by atoms with Crippen LogP contribution in [0.25, 0.3) is 0 Å². The van der Waals surface area contributed by atoms with Gasteiger partial charge in [-0.05, 0) is 68.3 Å². The number of halogens is 3. The highest BCUT2D eigenvalue weighted by Crippen LogP contribution is 2.42. The smallest absolute Gasteiger partial charge is 0.406 e. The molecule has 1 heterocycles. The summed E-state index contributed by atoms with van der Waals surface area (Å²) in [5.41, 5.74) is -0.133. The van der Waals surface area contributed by atoms with Gasteiger partial charge in [-0.2, -0.15) is 0 Å². The van der Waals surface area contributed by atoms with Crippen molar-refractivity contribution in [2.45, 2.75) is 76.7 Å². The number of ether oxygens (including phenoxy) is 1. The Hall–Kier alpha value is -1.27. The van der Waals surface area contributed by atoms with Crippen molar-refractivity contribution in [1.82, 2.24) is 4.90 Å². The van der Waals surface area contributed by atoms with Crippen LogP contribution < -0.4 is 4.74 Å². The third-order valence-electron chi connectivity index (χ3n) is 6.88. The quantitative estimate of drug-likeness (QED) is 0.646. The molecule has 1 aromatic carbocycles. The molecule has 3 nitrogen and oxygen atoms in total. The molecule has 0 bridgehead atoms. The van der Waals surface area contributed by atoms with Gasteiger partial charge in [0.15, 0.2) is 0 Å². The summed E-state index contributed by atoms with van der Waals surface area (Å²) < 4.78 is 42.2. The summed E-state index contributed by atoms with van der Waals surface area (Å²) in [7, 11) is 0. The molecule has 1 aromatic rings. The van der Waals surface area contributed by atoms with Gasteiger partial charge in [-0.1, -0.05) is 45.2 Å². The van der Waals surface area contributed by atoms with Crippen LogP contribution in [0.1, 0.15) is 70.3 Å². The lowest BCUT2D eigenvalue weighted by atomic mass is 9.72. The van der Waals surface area contributed by atoms with E-state index in [9.17, 15) is 18.3 Å². The normalized spacial score (nSPS) is 22.6. The Morgan fingerprint density at radius 3 is 2.38 bits per heavy atom. The van der Waals surface area contributed by atoms with Gasteiger partial charge in [0, 0.05) is 12.5 Å². The minimum atomic E-state index is -4.71. The van der Waals surface area contributed by atoms with E-state index in [1.54, 1.807) is 6.07 Å². The van der Waals surface area contributed by atoms with E-state index >= 15 is 0 Å². The second kappa shape index (κ2) is 9.25. The fourth-order valence-electron chi connectivity index (χ4n) is 5.09. The maximum absolute atomic E-state index is 12.7. The van der Waals surface area contributed by atoms with Crippen LogP contribution in [0.2, 0.25) is 0 Å². The van der Waals surface area contributed by atoms with E-state index < -0.39 is 12.0 Å². The van der Waals surface area contributed by atoms with Crippen molar-refractivity contribution >= 4 is 0 Å². The van der Waals surface area contributed by atoms with Crippen molar-refractivity contribution in [2.75, 3.05) is 19.6 Å². The molecule has 1 unspecified atom stereocenters. The molecule has 6 heteroatoms. The van der Waals surface area contributed by atoms with Crippen molar-refractivity contribution in [2.24, 2.45) is 11.8 Å². The second-order valence-corrected chi connectivity index (χ2v) is 9.22. The van der Waals surface area contributed by atoms with Gasteiger partial charge in [-0.3, -0.25) is 0 Å². The first-order valence-electron chi connectivity index (χ1n) is 11.0. The number of alkyl halides is 3. The monoisotopic (exact) mass is 413 g/mol. The van der Waals surface area contributed by atoms with E-state index in [2.05, 4.69) is 23.5 Å². The summed E-state index contributed by atoms with van der Waals surface area (Å²) in [6.07, 6.45) is 1.98. The van der Waals surface area contributed by atoms with Gasteiger partial charge >= 0.3 is 6.36 Å². The number of hydrogen-bond acceptors (Lipinski definition) is 3. The van der Waals surface area contributed by atoms with Crippen LogP contribution >= 0.6 is 0 Å². The van der Waals surface area contributed by atoms with E-state index in [1.807, 2.05) is 6.07 Å². The third-order valence-corrected chi connectivity index (χ3v) is 6.88. The van der Waals surface area contributed by atoms with Crippen molar-refractivity contribution in [3.8, 4) is 5.75 Å². The molecule has 1 aliphatic heterocycles. The molecule has 2 fully saturated rings. The third kappa shape index (κ3) is 6.11. The van der Waals surface area contributed by atoms with Crippen molar-refractivity contribution in [3.63, 3.8) is 0 Å². The van der Waals surface area contributed by atoms with Gasteiger partial charge < -0.3 is 14.7 Å². The number of aliphatic hydroxyl groups is 1. The number of piperidine rings is 1. The lowest BCUT2D eigenvalue weighted by molar-refractivity contribution is -0.274. The lowest BCUT2D eigenvalue weighted by Crippen LogP contribution is -2.46. The highest BCUT2D eigenvalue weighted by Gasteiger charge is 2.40. The van der Waals surface area contributed by atoms with Crippen LogP contribution in [0, 0.1) is 11.8 Å². The molecule has 0 spiro atoms. The van der Waals surface area contributed by atoms with Crippen LogP contribution in [0.3, 0.4) is 0 Å². The Morgan fingerprint density at radius 1 is 1.14 bits per heavy atom. The average Bonchev–Trinajstić information content (AvgIpc) is 2.66. The molecule has 1 atom stereocenters. The van der Waals surface area contributed by atoms with E-state index in [0.29, 0.717) is 25.3 Å². The van der Waals surface area contributed by atoms with Crippen LogP contribution in [-0.2, 0) is 0 Å². The van der Waals surface area contributed by atoms with Crippen LogP contribution in [0.4, 0.5) is 13.2 Å². The van der Waals surface area contributed by atoms with Crippen molar-refractivity contribution in [3.05, 3.63) is 29.8 Å². The molecule has 3 rings (SSSR count). The summed E-state index contributed by atoms with van der Waals surface area (Å²) in [5, 5.41) is 11.5.